The zero-order valence-corrected chi connectivity index (χ0v) is 9.40. The molecule has 5 nitrogen and oxygen atoms in total. The van der Waals surface area contributed by atoms with Gasteiger partial charge < -0.3 is 15.9 Å². The summed E-state index contributed by atoms with van der Waals surface area (Å²) in [6.07, 6.45) is 0. The van der Waals surface area contributed by atoms with E-state index >= 15 is 0 Å². The van der Waals surface area contributed by atoms with Gasteiger partial charge in [0.25, 0.3) is 6.69 Å². The minimum Gasteiger partial charge on any atom is -0.357 e. The fourth-order valence-electron chi connectivity index (χ4n) is 0.830. The SMILES string of the molecule is CN[B]SC[C@H](NC(C)=O)C(=O)NC. The number of rotatable bonds is 6. The number of carbonyl (C=O) groups is 2. The average molecular weight is 216 g/mol. The van der Waals surface area contributed by atoms with Gasteiger partial charge in [0, 0.05) is 19.7 Å². The molecule has 0 spiro atoms. The minimum atomic E-state index is -0.480. The van der Waals surface area contributed by atoms with Crippen molar-refractivity contribution in [3.63, 3.8) is 0 Å². The summed E-state index contributed by atoms with van der Waals surface area (Å²) < 4.78 is 0. The van der Waals surface area contributed by atoms with Crippen LogP contribution in [0.5, 0.6) is 0 Å². The van der Waals surface area contributed by atoms with Crippen molar-refractivity contribution >= 4 is 30.1 Å². The Kier molecular flexibility index (Phi) is 7.32. The molecule has 1 atom stereocenters. The fourth-order valence-corrected chi connectivity index (χ4v) is 1.52. The van der Waals surface area contributed by atoms with Crippen LogP contribution in [-0.4, -0.2) is 44.4 Å². The lowest BCUT2D eigenvalue weighted by atomic mass is 10.3. The van der Waals surface area contributed by atoms with Crippen molar-refractivity contribution in [1.29, 1.82) is 0 Å². The van der Waals surface area contributed by atoms with Crippen LogP contribution >= 0.6 is 11.6 Å². The molecule has 3 N–H and O–H groups in total. The third-order valence-corrected chi connectivity index (χ3v) is 2.33. The van der Waals surface area contributed by atoms with Crippen LogP contribution in [0.3, 0.4) is 0 Å². The summed E-state index contributed by atoms with van der Waals surface area (Å²) in [6.45, 7) is 3.15. The number of hydrogen-bond acceptors (Lipinski definition) is 4. The lowest BCUT2D eigenvalue weighted by Crippen LogP contribution is -2.46. The van der Waals surface area contributed by atoms with Crippen LogP contribution in [0.4, 0.5) is 0 Å². The standard InChI is InChI=1S/C7H15BN3O2S/c1-5(12)11-6(7(13)9-2)4-14-8-10-3/h6,10H,4H2,1-3H3,(H,9,13)(H,11,12)/t6-/m0/s1. The highest BCUT2D eigenvalue weighted by molar-refractivity contribution is 8.22. The molecule has 1 radical (unpaired) electrons. The molecule has 79 valence electrons. The maximum Gasteiger partial charge on any atom is 0.285 e. The van der Waals surface area contributed by atoms with Crippen molar-refractivity contribution in [2.75, 3.05) is 19.8 Å². The molecule has 0 aliphatic carbocycles. The highest BCUT2D eigenvalue weighted by atomic mass is 32.2. The Hall–Kier alpha value is -0.685. The smallest absolute Gasteiger partial charge is 0.285 e. The molecule has 0 unspecified atom stereocenters. The van der Waals surface area contributed by atoms with Gasteiger partial charge in [0.15, 0.2) is 0 Å². The van der Waals surface area contributed by atoms with Crippen LogP contribution in [0, 0.1) is 0 Å². The first kappa shape index (κ1) is 13.3. The van der Waals surface area contributed by atoms with E-state index in [2.05, 4.69) is 15.9 Å². The molecule has 0 saturated heterocycles. The molecule has 0 heterocycles. The molecule has 0 bridgehead atoms. The molecule has 0 fully saturated rings. The summed E-state index contributed by atoms with van der Waals surface area (Å²) in [5.74, 6) is 0.126. The molecule has 7 heteroatoms. The highest BCUT2D eigenvalue weighted by Gasteiger charge is 2.17. The van der Waals surface area contributed by atoms with Crippen LogP contribution in [0.1, 0.15) is 6.92 Å². The maximum absolute atomic E-state index is 11.3. The van der Waals surface area contributed by atoms with Crippen LogP contribution in [0.2, 0.25) is 0 Å². The molecule has 2 amide bonds. The molecule has 0 aliphatic heterocycles. The molecule has 0 aromatic carbocycles. The zero-order chi connectivity index (χ0) is 11.0. The monoisotopic (exact) mass is 216 g/mol. The van der Waals surface area contributed by atoms with E-state index in [0.29, 0.717) is 5.75 Å². The summed E-state index contributed by atoms with van der Waals surface area (Å²) in [7, 11) is 3.32. The van der Waals surface area contributed by atoms with Gasteiger partial charge in [-0.2, -0.15) is 11.6 Å². The third kappa shape index (κ3) is 5.87. The van der Waals surface area contributed by atoms with E-state index in [4.69, 9.17) is 0 Å². The molecule has 0 rings (SSSR count). The van der Waals surface area contributed by atoms with Gasteiger partial charge in [-0.15, -0.1) is 0 Å². The van der Waals surface area contributed by atoms with Gasteiger partial charge in [-0.3, -0.25) is 9.59 Å². The van der Waals surface area contributed by atoms with Gasteiger partial charge in [0.05, 0.1) is 0 Å². The molecule has 0 aliphatic rings. The van der Waals surface area contributed by atoms with E-state index in [-0.39, 0.29) is 11.8 Å². The quantitative estimate of drug-likeness (QED) is 0.382. The predicted octanol–water partition coefficient (Wildman–Crippen LogP) is -1.28. The van der Waals surface area contributed by atoms with E-state index in [1.807, 2.05) is 0 Å². The van der Waals surface area contributed by atoms with Crippen LogP contribution < -0.4 is 15.9 Å². The van der Waals surface area contributed by atoms with Crippen molar-refractivity contribution in [2.45, 2.75) is 13.0 Å². The topological polar surface area (TPSA) is 70.2 Å². The first-order chi connectivity index (χ1) is 6.61. The maximum atomic E-state index is 11.3. The number of hydrogen-bond donors (Lipinski definition) is 3. The Morgan fingerprint density at radius 2 is 2.07 bits per heavy atom. The Bertz CT molecular complexity index is 203. The predicted molar refractivity (Wildman–Crippen MR) is 58.9 cm³/mol. The first-order valence-electron chi connectivity index (χ1n) is 4.21. The second-order valence-corrected chi connectivity index (χ2v) is 3.51. The van der Waals surface area contributed by atoms with E-state index in [1.54, 1.807) is 20.8 Å². The highest BCUT2D eigenvalue weighted by Crippen LogP contribution is 1.99. The van der Waals surface area contributed by atoms with Gasteiger partial charge in [-0.05, 0) is 7.05 Å². The van der Waals surface area contributed by atoms with Crippen molar-refractivity contribution in [3.8, 4) is 0 Å². The van der Waals surface area contributed by atoms with Gasteiger partial charge in [0.2, 0.25) is 11.8 Å². The number of nitrogens with one attached hydrogen (secondary N) is 3. The largest absolute Gasteiger partial charge is 0.357 e. The molecule has 14 heavy (non-hydrogen) atoms. The summed E-state index contributed by atoms with van der Waals surface area (Å²) in [5, 5.41) is 7.89. The van der Waals surface area contributed by atoms with Crippen molar-refractivity contribution in [3.05, 3.63) is 0 Å². The normalized spacial score (nSPS) is 11.6. The summed E-state index contributed by atoms with van der Waals surface area (Å²) in [4.78, 5) is 22.0. The number of carbonyl (C=O) groups excluding carboxylic acids is 2. The van der Waals surface area contributed by atoms with Crippen molar-refractivity contribution in [1.82, 2.24) is 15.9 Å². The lowest BCUT2D eigenvalue weighted by Gasteiger charge is -2.15. The Labute approximate surface area is 88.9 Å². The second-order valence-electron chi connectivity index (χ2n) is 2.61. The number of likely N-dealkylation sites (N-methyl/N-ethyl adjacent to an activating group) is 1. The van der Waals surface area contributed by atoms with E-state index < -0.39 is 6.04 Å². The third-order valence-electron chi connectivity index (χ3n) is 1.40. The summed E-state index contributed by atoms with van der Waals surface area (Å²) in [6, 6.07) is -0.480. The lowest BCUT2D eigenvalue weighted by molar-refractivity contribution is -0.127. The average Bonchev–Trinajstić information content (AvgIpc) is 2.15. The first-order valence-corrected chi connectivity index (χ1v) is 5.26. The van der Waals surface area contributed by atoms with Gasteiger partial charge >= 0.3 is 0 Å². The second kappa shape index (κ2) is 7.69. The van der Waals surface area contributed by atoms with Crippen LogP contribution in [0.15, 0.2) is 0 Å². The molecule has 0 aromatic heterocycles. The van der Waals surface area contributed by atoms with Crippen LogP contribution in [-0.2, 0) is 9.59 Å². The van der Waals surface area contributed by atoms with E-state index in [1.165, 1.54) is 18.5 Å². The van der Waals surface area contributed by atoms with Gasteiger partial charge in [0.1, 0.15) is 6.04 Å². The summed E-state index contributed by atoms with van der Waals surface area (Å²) in [5.41, 5.74) is 0. The molecule has 0 saturated carbocycles. The van der Waals surface area contributed by atoms with Crippen molar-refractivity contribution < 1.29 is 9.59 Å². The van der Waals surface area contributed by atoms with Gasteiger partial charge in [-0.25, -0.2) is 0 Å². The Balaban J connectivity index is 3.97. The molecular weight excluding hydrogens is 201 g/mol. The molecule has 0 aromatic rings. The van der Waals surface area contributed by atoms with Gasteiger partial charge in [-0.1, -0.05) is 0 Å². The molecular formula is C7H15BN3O2S. The Morgan fingerprint density at radius 3 is 2.50 bits per heavy atom. The number of amides is 2. The van der Waals surface area contributed by atoms with Crippen molar-refractivity contribution in [2.24, 2.45) is 0 Å². The van der Waals surface area contributed by atoms with Crippen LogP contribution in [0.25, 0.3) is 0 Å². The summed E-state index contributed by atoms with van der Waals surface area (Å²) >= 11 is 1.44. The zero-order valence-electron chi connectivity index (χ0n) is 8.59. The minimum absolute atomic E-state index is 0.183. The van der Waals surface area contributed by atoms with E-state index in [0.717, 1.165) is 0 Å². The fraction of sp³-hybridized carbons (Fsp3) is 0.714. The van der Waals surface area contributed by atoms with E-state index in [9.17, 15) is 9.59 Å². The Morgan fingerprint density at radius 1 is 1.43 bits per heavy atom.